The maximum atomic E-state index is 12.6. The van der Waals surface area contributed by atoms with Crippen molar-refractivity contribution in [1.82, 2.24) is 19.7 Å². The number of amides is 2. The molecule has 3 aromatic rings. The molecule has 2 amide bonds. The topological polar surface area (TPSA) is 89.4 Å². The van der Waals surface area contributed by atoms with Crippen LogP contribution in [0.2, 0.25) is 0 Å². The summed E-state index contributed by atoms with van der Waals surface area (Å²) >= 11 is 0. The van der Waals surface area contributed by atoms with E-state index in [1.807, 2.05) is 24.3 Å². The minimum absolute atomic E-state index is 0.0809. The van der Waals surface area contributed by atoms with E-state index in [1.54, 1.807) is 49.4 Å². The Morgan fingerprint density at radius 3 is 2.71 bits per heavy atom. The maximum absolute atomic E-state index is 12.6. The van der Waals surface area contributed by atoms with E-state index in [0.29, 0.717) is 23.5 Å². The third kappa shape index (κ3) is 5.16. The number of carbonyl (C=O) groups is 2. The SMILES string of the molecule is CN(C)C(=O)COc1cccc(C(=O)Nc2cccc(Cn3cncn3)c2)c1. The third-order valence-corrected chi connectivity index (χ3v) is 3.95. The van der Waals surface area contributed by atoms with Gasteiger partial charge in [0.15, 0.2) is 6.61 Å². The van der Waals surface area contributed by atoms with Gasteiger partial charge in [0.25, 0.3) is 11.8 Å². The molecule has 0 aliphatic rings. The number of hydrogen-bond donors (Lipinski definition) is 1. The second-order valence-corrected chi connectivity index (χ2v) is 6.35. The molecule has 144 valence electrons. The van der Waals surface area contributed by atoms with Crippen LogP contribution < -0.4 is 10.1 Å². The van der Waals surface area contributed by atoms with Gasteiger partial charge in [-0.05, 0) is 35.9 Å². The third-order valence-electron chi connectivity index (χ3n) is 3.95. The number of nitrogens with one attached hydrogen (secondary N) is 1. The molecule has 8 nitrogen and oxygen atoms in total. The van der Waals surface area contributed by atoms with Gasteiger partial charge in [-0.1, -0.05) is 18.2 Å². The summed E-state index contributed by atoms with van der Waals surface area (Å²) in [6.07, 6.45) is 3.12. The lowest BCUT2D eigenvalue weighted by Crippen LogP contribution is -2.27. The van der Waals surface area contributed by atoms with E-state index in [-0.39, 0.29) is 18.4 Å². The standard InChI is InChI=1S/C20H21N5O3/c1-24(2)19(26)12-28-18-8-4-6-16(10-18)20(27)23-17-7-3-5-15(9-17)11-25-14-21-13-22-25/h3-10,13-14H,11-12H2,1-2H3,(H,23,27). The van der Waals surface area contributed by atoms with E-state index in [9.17, 15) is 9.59 Å². The zero-order chi connectivity index (χ0) is 19.9. The highest BCUT2D eigenvalue weighted by Gasteiger charge is 2.10. The average Bonchev–Trinajstić information content (AvgIpc) is 3.19. The van der Waals surface area contributed by atoms with Crippen LogP contribution in [0, 0.1) is 0 Å². The number of aromatic nitrogens is 3. The monoisotopic (exact) mass is 379 g/mol. The second kappa shape index (κ2) is 8.81. The van der Waals surface area contributed by atoms with Gasteiger partial charge in [-0.25, -0.2) is 9.67 Å². The van der Waals surface area contributed by atoms with Crippen LogP contribution in [0.5, 0.6) is 5.75 Å². The quantitative estimate of drug-likeness (QED) is 0.679. The lowest BCUT2D eigenvalue weighted by molar-refractivity contribution is -0.130. The average molecular weight is 379 g/mol. The normalized spacial score (nSPS) is 10.4. The van der Waals surface area contributed by atoms with Gasteiger partial charge in [0.1, 0.15) is 18.4 Å². The highest BCUT2D eigenvalue weighted by atomic mass is 16.5. The molecular weight excluding hydrogens is 358 g/mol. The molecule has 1 N–H and O–H groups in total. The largest absolute Gasteiger partial charge is 0.484 e. The van der Waals surface area contributed by atoms with Crippen molar-refractivity contribution in [3.05, 3.63) is 72.3 Å². The lowest BCUT2D eigenvalue weighted by atomic mass is 10.1. The number of likely N-dealkylation sites (N-methyl/N-ethyl adjacent to an activating group) is 1. The molecule has 8 heteroatoms. The highest BCUT2D eigenvalue weighted by Crippen LogP contribution is 2.17. The smallest absolute Gasteiger partial charge is 0.259 e. The van der Waals surface area contributed by atoms with Crippen LogP contribution in [-0.4, -0.2) is 52.2 Å². The van der Waals surface area contributed by atoms with Gasteiger partial charge in [0.05, 0.1) is 6.54 Å². The summed E-state index contributed by atoms with van der Waals surface area (Å²) in [5.74, 6) is 0.0455. The van der Waals surface area contributed by atoms with E-state index < -0.39 is 0 Å². The molecule has 0 unspecified atom stereocenters. The summed E-state index contributed by atoms with van der Waals surface area (Å²) in [6.45, 7) is 0.481. The fourth-order valence-electron chi connectivity index (χ4n) is 2.45. The Labute approximate surface area is 162 Å². The van der Waals surface area contributed by atoms with Gasteiger partial charge in [-0.3, -0.25) is 9.59 Å². The first kappa shape index (κ1) is 19.1. The van der Waals surface area contributed by atoms with Crippen LogP contribution in [0.25, 0.3) is 0 Å². The summed E-state index contributed by atoms with van der Waals surface area (Å²) in [4.78, 5) is 29.6. The van der Waals surface area contributed by atoms with Crippen LogP contribution >= 0.6 is 0 Å². The Hall–Kier alpha value is -3.68. The summed E-state index contributed by atoms with van der Waals surface area (Å²) in [5, 5.41) is 6.95. The van der Waals surface area contributed by atoms with Crippen molar-refractivity contribution in [3.8, 4) is 5.75 Å². The van der Waals surface area contributed by atoms with Gasteiger partial charge >= 0.3 is 0 Å². The van der Waals surface area contributed by atoms with Gasteiger partial charge in [-0.2, -0.15) is 5.10 Å². The molecule has 0 aliphatic heterocycles. The molecule has 1 aromatic heterocycles. The van der Waals surface area contributed by atoms with E-state index in [2.05, 4.69) is 15.4 Å². The molecule has 0 aliphatic carbocycles. The molecule has 0 saturated heterocycles. The van der Waals surface area contributed by atoms with Crippen molar-refractivity contribution in [2.24, 2.45) is 0 Å². The van der Waals surface area contributed by atoms with Crippen molar-refractivity contribution in [3.63, 3.8) is 0 Å². The molecule has 2 aromatic carbocycles. The summed E-state index contributed by atoms with van der Waals surface area (Å²) in [5.41, 5.74) is 2.11. The van der Waals surface area contributed by atoms with Gasteiger partial charge < -0.3 is 15.0 Å². The molecule has 0 radical (unpaired) electrons. The number of benzene rings is 2. The van der Waals surface area contributed by atoms with Gasteiger partial charge in [0.2, 0.25) is 0 Å². The summed E-state index contributed by atoms with van der Waals surface area (Å²) in [6, 6.07) is 14.2. The van der Waals surface area contributed by atoms with Crippen molar-refractivity contribution < 1.29 is 14.3 Å². The lowest BCUT2D eigenvalue weighted by Gasteiger charge is -2.12. The Morgan fingerprint density at radius 2 is 1.96 bits per heavy atom. The first-order valence-electron chi connectivity index (χ1n) is 8.67. The van der Waals surface area contributed by atoms with E-state index in [0.717, 1.165) is 5.56 Å². The molecule has 0 spiro atoms. The predicted molar refractivity (Wildman–Crippen MR) is 104 cm³/mol. The maximum Gasteiger partial charge on any atom is 0.259 e. The molecular formula is C20H21N5O3. The number of carbonyl (C=O) groups excluding carboxylic acids is 2. The number of hydrogen-bond acceptors (Lipinski definition) is 5. The minimum atomic E-state index is -0.262. The molecule has 3 rings (SSSR count). The van der Waals surface area contributed by atoms with Crippen LogP contribution in [0.15, 0.2) is 61.2 Å². The first-order chi connectivity index (χ1) is 13.5. The zero-order valence-electron chi connectivity index (χ0n) is 15.7. The molecule has 0 bridgehead atoms. The summed E-state index contributed by atoms with van der Waals surface area (Å²) in [7, 11) is 3.32. The first-order valence-corrected chi connectivity index (χ1v) is 8.67. The van der Waals surface area contributed by atoms with Crippen molar-refractivity contribution in [2.75, 3.05) is 26.0 Å². The van der Waals surface area contributed by atoms with Crippen molar-refractivity contribution >= 4 is 17.5 Å². The molecule has 0 fully saturated rings. The molecule has 28 heavy (non-hydrogen) atoms. The zero-order valence-corrected chi connectivity index (χ0v) is 15.7. The minimum Gasteiger partial charge on any atom is -0.484 e. The molecule has 0 atom stereocenters. The predicted octanol–water partition coefficient (Wildman–Crippen LogP) is 2.05. The van der Waals surface area contributed by atoms with Crippen molar-refractivity contribution in [2.45, 2.75) is 6.54 Å². The van der Waals surface area contributed by atoms with Crippen LogP contribution in [-0.2, 0) is 11.3 Å². The van der Waals surface area contributed by atoms with Gasteiger partial charge in [-0.15, -0.1) is 0 Å². The number of nitrogens with zero attached hydrogens (tertiary/aromatic N) is 4. The molecule has 0 saturated carbocycles. The number of ether oxygens (including phenoxy) is 1. The Morgan fingerprint density at radius 1 is 1.14 bits per heavy atom. The number of anilines is 1. The van der Waals surface area contributed by atoms with E-state index >= 15 is 0 Å². The Kier molecular flexibility index (Phi) is 6.01. The van der Waals surface area contributed by atoms with Gasteiger partial charge in [0, 0.05) is 25.3 Å². The fourth-order valence-corrected chi connectivity index (χ4v) is 2.45. The second-order valence-electron chi connectivity index (χ2n) is 6.35. The van der Waals surface area contributed by atoms with E-state index in [4.69, 9.17) is 4.74 Å². The van der Waals surface area contributed by atoms with Crippen LogP contribution in [0.1, 0.15) is 15.9 Å². The summed E-state index contributed by atoms with van der Waals surface area (Å²) < 4.78 is 7.17. The Bertz CT molecular complexity index is 954. The van der Waals surface area contributed by atoms with E-state index in [1.165, 1.54) is 11.2 Å². The Balaban J connectivity index is 1.64. The van der Waals surface area contributed by atoms with Crippen LogP contribution in [0.3, 0.4) is 0 Å². The highest BCUT2D eigenvalue weighted by molar-refractivity contribution is 6.04. The van der Waals surface area contributed by atoms with Crippen LogP contribution in [0.4, 0.5) is 5.69 Å². The molecule has 1 heterocycles. The number of rotatable bonds is 7. The fraction of sp³-hybridized carbons (Fsp3) is 0.200. The van der Waals surface area contributed by atoms with Crippen molar-refractivity contribution in [1.29, 1.82) is 0 Å².